The minimum Gasteiger partial charge on any atom is -0.545 e. The molecule has 1 atom stereocenters. The zero-order chi connectivity index (χ0) is 31.7. The van der Waals surface area contributed by atoms with Crippen molar-refractivity contribution >= 4 is 22.8 Å². The minimum absolute atomic E-state index is 0.127. The van der Waals surface area contributed by atoms with Crippen LogP contribution in [0.5, 0.6) is 11.5 Å². The first-order valence-corrected chi connectivity index (χ1v) is 15.1. The lowest BCUT2D eigenvalue weighted by molar-refractivity contribution is -0.704. The second kappa shape index (κ2) is 17.9. The lowest BCUT2D eigenvalue weighted by Crippen LogP contribution is -2.35. The average molecular weight is 605 g/mol. The molecule has 0 saturated carbocycles. The SMILES string of the molecule is C=CCOC(C[n+]1ccn(CCCOc2ccc3ccccc3c2)c1)c1ccccc1OCC.O=C([O-])/C=C/c1ccccc1. The monoisotopic (exact) mass is 604 g/mol. The van der Waals surface area contributed by atoms with Gasteiger partial charge in [0, 0.05) is 12.0 Å². The molecule has 45 heavy (non-hydrogen) atoms. The highest BCUT2D eigenvalue weighted by molar-refractivity contribution is 5.84. The van der Waals surface area contributed by atoms with Crippen molar-refractivity contribution < 1.29 is 28.7 Å². The van der Waals surface area contributed by atoms with E-state index in [0.717, 1.165) is 41.7 Å². The summed E-state index contributed by atoms with van der Waals surface area (Å²) in [7, 11) is 0. The number of para-hydroxylation sites is 1. The van der Waals surface area contributed by atoms with E-state index in [1.807, 2.05) is 61.5 Å². The normalized spacial score (nSPS) is 11.5. The van der Waals surface area contributed by atoms with Crippen molar-refractivity contribution in [3.63, 3.8) is 0 Å². The highest BCUT2D eigenvalue weighted by atomic mass is 16.5. The summed E-state index contributed by atoms with van der Waals surface area (Å²) in [5.74, 6) is 0.607. The molecule has 7 heteroatoms. The van der Waals surface area contributed by atoms with E-state index in [-0.39, 0.29) is 6.10 Å². The van der Waals surface area contributed by atoms with Crippen molar-refractivity contribution in [3.8, 4) is 11.5 Å². The Morgan fingerprint density at radius 3 is 2.49 bits per heavy atom. The molecule has 0 aliphatic rings. The van der Waals surface area contributed by atoms with Crippen molar-refractivity contribution in [2.24, 2.45) is 0 Å². The van der Waals surface area contributed by atoms with Crippen molar-refractivity contribution in [1.29, 1.82) is 0 Å². The maximum Gasteiger partial charge on any atom is 0.243 e. The van der Waals surface area contributed by atoms with Gasteiger partial charge in [-0.3, -0.25) is 0 Å². The van der Waals surface area contributed by atoms with Crippen LogP contribution in [0.3, 0.4) is 0 Å². The number of nitrogens with zero attached hydrogens (tertiary/aromatic N) is 2. The van der Waals surface area contributed by atoms with E-state index in [9.17, 15) is 9.90 Å². The van der Waals surface area contributed by atoms with Crippen LogP contribution in [0.4, 0.5) is 0 Å². The molecule has 0 fully saturated rings. The van der Waals surface area contributed by atoms with Gasteiger partial charge < -0.3 is 24.1 Å². The Morgan fingerprint density at radius 1 is 0.956 bits per heavy atom. The standard InChI is InChI=1S/C29H33N2O3.C9H8O2/c1-3-19-34-29(27-12-7-8-13-28(27)32-4-2)22-31-18-17-30(23-31)16-9-20-33-26-15-14-24-10-5-6-11-25(24)21-26;10-9(11)7-6-8-4-2-1-3-5-8/h3,5-8,10-15,17-18,21,23,29H,1,4,9,16,19-20,22H2,2H3;1-7H,(H,10,11)/q+1;/p-1/b;7-6+. The Morgan fingerprint density at radius 2 is 1.71 bits per heavy atom. The Hall–Kier alpha value is -5.14. The van der Waals surface area contributed by atoms with Gasteiger partial charge in [0.2, 0.25) is 6.33 Å². The van der Waals surface area contributed by atoms with Crippen LogP contribution in [0.2, 0.25) is 0 Å². The van der Waals surface area contributed by atoms with Gasteiger partial charge in [0.15, 0.2) is 0 Å². The molecule has 0 bridgehead atoms. The number of carboxylic acid groups (broad SMARTS) is 1. The lowest BCUT2D eigenvalue weighted by atomic mass is 10.1. The predicted molar refractivity (Wildman–Crippen MR) is 176 cm³/mol. The van der Waals surface area contributed by atoms with E-state index >= 15 is 0 Å². The van der Waals surface area contributed by atoms with Gasteiger partial charge in [-0.1, -0.05) is 91.0 Å². The number of hydrogen-bond acceptors (Lipinski definition) is 5. The van der Waals surface area contributed by atoms with Gasteiger partial charge in [0.05, 0.1) is 32.3 Å². The van der Waals surface area contributed by atoms with Crippen LogP contribution in [-0.4, -0.2) is 30.4 Å². The summed E-state index contributed by atoms with van der Waals surface area (Å²) in [6, 6.07) is 31.8. The molecule has 0 saturated heterocycles. The van der Waals surface area contributed by atoms with Crippen molar-refractivity contribution in [1.82, 2.24) is 4.57 Å². The van der Waals surface area contributed by atoms with Crippen LogP contribution in [0.1, 0.15) is 30.6 Å². The Bertz CT molecular complexity index is 1660. The topological polar surface area (TPSA) is 76.6 Å². The fourth-order valence-electron chi connectivity index (χ4n) is 4.75. The van der Waals surface area contributed by atoms with Gasteiger partial charge in [0.25, 0.3) is 0 Å². The number of aromatic nitrogens is 2. The molecule has 5 aromatic rings. The summed E-state index contributed by atoms with van der Waals surface area (Å²) in [6.45, 7) is 9.14. The minimum atomic E-state index is -1.17. The van der Waals surface area contributed by atoms with E-state index < -0.39 is 5.97 Å². The second-order valence-electron chi connectivity index (χ2n) is 10.2. The Kier molecular flexibility index (Phi) is 13.0. The molecular weight excluding hydrogens is 564 g/mol. The van der Waals surface area contributed by atoms with Crippen molar-refractivity contribution in [3.05, 3.63) is 146 Å². The van der Waals surface area contributed by atoms with Crippen LogP contribution >= 0.6 is 0 Å². The van der Waals surface area contributed by atoms with Gasteiger partial charge in [-0.2, -0.15) is 0 Å². The number of carboxylic acids is 1. The Balaban J connectivity index is 0.000000354. The molecule has 0 aliphatic carbocycles. The molecule has 4 aromatic carbocycles. The zero-order valence-electron chi connectivity index (χ0n) is 25.7. The summed E-state index contributed by atoms with van der Waals surface area (Å²) in [4.78, 5) is 9.97. The number of carbonyl (C=O) groups excluding carboxylic acids is 1. The third-order valence-corrected chi connectivity index (χ3v) is 6.87. The summed E-state index contributed by atoms with van der Waals surface area (Å²) in [5.41, 5.74) is 1.91. The first-order chi connectivity index (χ1) is 22.1. The molecule has 0 spiro atoms. The quantitative estimate of drug-likeness (QED) is 0.0617. The van der Waals surface area contributed by atoms with Crippen LogP contribution in [0.25, 0.3) is 16.8 Å². The zero-order valence-corrected chi connectivity index (χ0v) is 25.7. The van der Waals surface area contributed by atoms with Crippen LogP contribution < -0.4 is 19.1 Å². The van der Waals surface area contributed by atoms with Gasteiger partial charge in [-0.05, 0) is 47.5 Å². The van der Waals surface area contributed by atoms with Crippen LogP contribution in [-0.2, 0) is 22.6 Å². The number of fused-ring (bicyclic) bond motifs is 1. The molecule has 7 nitrogen and oxygen atoms in total. The summed E-state index contributed by atoms with van der Waals surface area (Å²) < 4.78 is 22.3. The third kappa shape index (κ3) is 10.8. The fourth-order valence-corrected chi connectivity index (χ4v) is 4.75. The van der Waals surface area contributed by atoms with Crippen LogP contribution in [0.15, 0.2) is 135 Å². The smallest absolute Gasteiger partial charge is 0.243 e. The van der Waals surface area contributed by atoms with E-state index in [1.165, 1.54) is 16.8 Å². The molecule has 1 heterocycles. The van der Waals surface area contributed by atoms with E-state index in [0.29, 0.717) is 26.4 Å². The first kappa shape index (κ1) is 32.8. The molecule has 0 aliphatic heterocycles. The first-order valence-electron chi connectivity index (χ1n) is 15.1. The molecule has 1 unspecified atom stereocenters. The number of ether oxygens (including phenoxy) is 3. The summed E-state index contributed by atoms with van der Waals surface area (Å²) in [5, 5.41) is 12.4. The van der Waals surface area contributed by atoms with Crippen LogP contribution in [0, 0.1) is 0 Å². The average Bonchev–Trinajstić information content (AvgIpc) is 3.52. The second-order valence-corrected chi connectivity index (χ2v) is 10.2. The van der Waals surface area contributed by atoms with Gasteiger partial charge >= 0.3 is 0 Å². The molecule has 0 radical (unpaired) electrons. The summed E-state index contributed by atoms with van der Waals surface area (Å²) in [6.07, 6.45) is 11.4. The maximum atomic E-state index is 9.97. The molecule has 5 rings (SSSR count). The molecule has 232 valence electrons. The molecule has 0 N–H and O–H groups in total. The van der Waals surface area contributed by atoms with E-state index in [2.05, 4.69) is 76.9 Å². The van der Waals surface area contributed by atoms with Gasteiger partial charge in [0.1, 0.15) is 36.5 Å². The number of aryl methyl sites for hydroxylation is 1. The number of carbonyl (C=O) groups is 1. The largest absolute Gasteiger partial charge is 0.545 e. The van der Waals surface area contributed by atoms with Gasteiger partial charge in [-0.25, -0.2) is 9.13 Å². The highest BCUT2D eigenvalue weighted by Crippen LogP contribution is 2.28. The van der Waals surface area contributed by atoms with Gasteiger partial charge in [-0.15, -0.1) is 6.58 Å². The van der Waals surface area contributed by atoms with Crippen molar-refractivity contribution in [2.45, 2.75) is 32.5 Å². The highest BCUT2D eigenvalue weighted by Gasteiger charge is 2.20. The molecule has 0 amide bonds. The third-order valence-electron chi connectivity index (χ3n) is 6.87. The number of aliphatic carboxylic acids is 1. The molecular formula is C38H40N2O5. The molecule has 1 aromatic heterocycles. The maximum absolute atomic E-state index is 9.97. The Labute approximate surface area is 265 Å². The van der Waals surface area contributed by atoms with E-state index in [1.54, 1.807) is 6.08 Å². The van der Waals surface area contributed by atoms with Crippen molar-refractivity contribution in [2.75, 3.05) is 19.8 Å². The summed E-state index contributed by atoms with van der Waals surface area (Å²) >= 11 is 0. The number of imidazole rings is 1. The number of benzene rings is 4. The fraction of sp³-hybridized carbons (Fsp3) is 0.211. The number of hydrogen-bond donors (Lipinski definition) is 0. The lowest BCUT2D eigenvalue weighted by Gasteiger charge is -2.19. The van der Waals surface area contributed by atoms with E-state index in [4.69, 9.17) is 14.2 Å². The predicted octanol–water partition coefficient (Wildman–Crippen LogP) is 6.19. The number of rotatable bonds is 15.